The third-order valence-corrected chi connectivity index (χ3v) is 2.95. The molecule has 1 saturated carbocycles. The molecule has 2 nitrogen and oxygen atoms in total. The number of pyridine rings is 1. The Morgan fingerprint density at radius 3 is 2.77 bits per heavy atom. The fraction of sp³-hybridized carbons (Fsp3) is 0.545. The standard InChI is InChI=1S/C11H15NO/c1-2-10-8-11(10,13)7-9-3-5-12-6-4-9/h3-6,10,13H,2,7-8H2,1H3. The molecule has 2 unspecified atom stereocenters. The smallest absolute Gasteiger partial charge is 0.0720 e. The van der Waals surface area contributed by atoms with Gasteiger partial charge in [-0.25, -0.2) is 0 Å². The van der Waals surface area contributed by atoms with Crippen LogP contribution in [0.3, 0.4) is 0 Å². The fourth-order valence-electron chi connectivity index (χ4n) is 1.96. The quantitative estimate of drug-likeness (QED) is 0.763. The van der Waals surface area contributed by atoms with Crippen LogP contribution in [0.5, 0.6) is 0 Å². The first kappa shape index (κ1) is 8.70. The maximum absolute atomic E-state index is 10.0. The van der Waals surface area contributed by atoms with E-state index < -0.39 is 5.60 Å². The predicted octanol–water partition coefficient (Wildman–Crippen LogP) is 1.79. The number of aromatic nitrogens is 1. The zero-order valence-corrected chi connectivity index (χ0v) is 7.90. The highest BCUT2D eigenvalue weighted by atomic mass is 16.3. The molecular weight excluding hydrogens is 162 g/mol. The number of hydrogen-bond acceptors (Lipinski definition) is 2. The van der Waals surface area contributed by atoms with Gasteiger partial charge in [-0.05, 0) is 30.0 Å². The second-order valence-electron chi connectivity index (χ2n) is 3.95. The summed E-state index contributed by atoms with van der Waals surface area (Å²) >= 11 is 0. The average molecular weight is 177 g/mol. The fourth-order valence-corrected chi connectivity index (χ4v) is 1.96. The second-order valence-corrected chi connectivity index (χ2v) is 3.95. The summed E-state index contributed by atoms with van der Waals surface area (Å²) in [5.41, 5.74) is 0.782. The van der Waals surface area contributed by atoms with Crippen LogP contribution in [0.2, 0.25) is 0 Å². The van der Waals surface area contributed by atoms with Crippen LogP contribution in [-0.2, 0) is 6.42 Å². The molecule has 1 heterocycles. The van der Waals surface area contributed by atoms with Crippen molar-refractivity contribution in [1.29, 1.82) is 0 Å². The van der Waals surface area contributed by atoms with Crippen molar-refractivity contribution in [1.82, 2.24) is 4.98 Å². The Morgan fingerprint density at radius 1 is 1.54 bits per heavy atom. The first-order valence-electron chi connectivity index (χ1n) is 4.86. The van der Waals surface area contributed by atoms with E-state index in [0.717, 1.165) is 19.3 Å². The van der Waals surface area contributed by atoms with Gasteiger partial charge in [-0.15, -0.1) is 0 Å². The summed E-state index contributed by atoms with van der Waals surface area (Å²) in [6, 6.07) is 3.95. The molecule has 70 valence electrons. The van der Waals surface area contributed by atoms with Crippen molar-refractivity contribution in [2.45, 2.75) is 31.8 Å². The van der Waals surface area contributed by atoms with E-state index in [1.807, 2.05) is 12.1 Å². The molecule has 0 bridgehead atoms. The molecule has 2 rings (SSSR count). The number of rotatable bonds is 3. The van der Waals surface area contributed by atoms with E-state index in [0.29, 0.717) is 5.92 Å². The highest BCUT2D eigenvalue weighted by Crippen LogP contribution is 2.47. The van der Waals surface area contributed by atoms with Crippen LogP contribution in [0, 0.1) is 5.92 Å². The molecule has 1 aliphatic rings. The molecule has 2 heteroatoms. The van der Waals surface area contributed by atoms with Crippen molar-refractivity contribution in [2.75, 3.05) is 0 Å². The molecule has 0 aliphatic heterocycles. The van der Waals surface area contributed by atoms with Gasteiger partial charge in [0.05, 0.1) is 5.60 Å². The topological polar surface area (TPSA) is 33.1 Å². The summed E-state index contributed by atoms with van der Waals surface area (Å²) in [5.74, 6) is 0.515. The van der Waals surface area contributed by atoms with Gasteiger partial charge in [-0.1, -0.05) is 13.3 Å². The first-order valence-corrected chi connectivity index (χ1v) is 4.86. The molecule has 1 fully saturated rings. The van der Waals surface area contributed by atoms with Crippen molar-refractivity contribution in [2.24, 2.45) is 5.92 Å². The van der Waals surface area contributed by atoms with Crippen LogP contribution >= 0.6 is 0 Å². The Labute approximate surface area is 78.6 Å². The molecule has 13 heavy (non-hydrogen) atoms. The van der Waals surface area contributed by atoms with Crippen molar-refractivity contribution in [3.8, 4) is 0 Å². The minimum absolute atomic E-state index is 0.407. The molecule has 0 aromatic carbocycles. The van der Waals surface area contributed by atoms with Gasteiger partial charge in [0.1, 0.15) is 0 Å². The highest BCUT2D eigenvalue weighted by Gasteiger charge is 2.50. The van der Waals surface area contributed by atoms with Crippen molar-refractivity contribution in [3.05, 3.63) is 30.1 Å². The molecule has 1 aromatic heterocycles. The largest absolute Gasteiger partial charge is 0.389 e. The van der Waals surface area contributed by atoms with Gasteiger partial charge in [0.25, 0.3) is 0 Å². The van der Waals surface area contributed by atoms with Gasteiger partial charge >= 0.3 is 0 Å². The molecule has 1 N–H and O–H groups in total. The van der Waals surface area contributed by atoms with Gasteiger partial charge < -0.3 is 5.11 Å². The lowest BCUT2D eigenvalue weighted by Crippen LogP contribution is -2.14. The molecule has 2 atom stereocenters. The van der Waals surface area contributed by atoms with E-state index in [2.05, 4.69) is 11.9 Å². The Bertz CT molecular complexity index is 285. The maximum Gasteiger partial charge on any atom is 0.0720 e. The molecule has 0 saturated heterocycles. The van der Waals surface area contributed by atoms with Crippen LogP contribution in [0.15, 0.2) is 24.5 Å². The van der Waals surface area contributed by atoms with Crippen LogP contribution in [-0.4, -0.2) is 15.7 Å². The van der Waals surface area contributed by atoms with Crippen molar-refractivity contribution >= 4 is 0 Å². The summed E-state index contributed by atoms with van der Waals surface area (Å²) in [4.78, 5) is 3.95. The predicted molar refractivity (Wildman–Crippen MR) is 51.3 cm³/mol. The van der Waals surface area contributed by atoms with Crippen LogP contribution in [0.4, 0.5) is 0 Å². The van der Waals surface area contributed by atoms with Gasteiger partial charge in [-0.3, -0.25) is 4.98 Å². The summed E-state index contributed by atoms with van der Waals surface area (Å²) in [5, 5.41) is 10.0. The van der Waals surface area contributed by atoms with E-state index in [9.17, 15) is 5.11 Å². The normalized spacial score (nSPS) is 31.7. The molecule has 0 radical (unpaired) electrons. The lowest BCUT2D eigenvalue weighted by atomic mass is 10.1. The van der Waals surface area contributed by atoms with Gasteiger partial charge in [0.2, 0.25) is 0 Å². The van der Waals surface area contributed by atoms with E-state index in [4.69, 9.17) is 0 Å². The monoisotopic (exact) mass is 177 g/mol. The van der Waals surface area contributed by atoms with Gasteiger partial charge in [0, 0.05) is 18.8 Å². The first-order chi connectivity index (χ1) is 6.24. The van der Waals surface area contributed by atoms with E-state index in [1.54, 1.807) is 12.4 Å². The van der Waals surface area contributed by atoms with E-state index in [-0.39, 0.29) is 0 Å². The van der Waals surface area contributed by atoms with Crippen LogP contribution in [0.25, 0.3) is 0 Å². The van der Waals surface area contributed by atoms with Gasteiger partial charge in [-0.2, -0.15) is 0 Å². The minimum atomic E-state index is -0.407. The SMILES string of the molecule is CCC1CC1(O)Cc1ccncc1. The van der Waals surface area contributed by atoms with Gasteiger partial charge in [0.15, 0.2) is 0 Å². The Hall–Kier alpha value is -0.890. The number of nitrogens with zero attached hydrogens (tertiary/aromatic N) is 1. The minimum Gasteiger partial charge on any atom is -0.389 e. The van der Waals surface area contributed by atoms with Crippen LogP contribution in [0.1, 0.15) is 25.3 Å². The Morgan fingerprint density at radius 2 is 2.23 bits per heavy atom. The van der Waals surface area contributed by atoms with E-state index >= 15 is 0 Å². The highest BCUT2D eigenvalue weighted by molar-refractivity contribution is 5.18. The summed E-state index contributed by atoms with van der Waals surface area (Å²) < 4.78 is 0. The maximum atomic E-state index is 10.0. The van der Waals surface area contributed by atoms with Crippen LogP contribution < -0.4 is 0 Å². The molecular formula is C11H15NO. The number of hydrogen-bond donors (Lipinski definition) is 1. The zero-order chi connectivity index (χ0) is 9.31. The van der Waals surface area contributed by atoms with Crippen molar-refractivity contribution < 1.29 is 5.11 Å². The zero-order valence-electron chi connectivity index (χ0n) is 7.90. The summed E-state index contributed by atoms with van der Waals surface area (Å²) in [7, 11) is 0. The summed E-state index contributed by atoms with van der Waals surface area (Å²) in [6.07, 6.45) is 6.39. The van der Waals surface area contributed by atoms with E-state index in [1.165, 1.54) is 5.56 Å². The molecule has 1 aliphatic carbocycles. The number of aliphatic hydroxyl groups is 1. The third kappa shape index (κ3) is 1.73. The Kier molecular flexibility index (Phi) is 2.08. The summed E-state index contributed by atoms with van der Waals surface area (Å²) in [6.45, 7) is 2.13. The second kappa shape index (κ2) is 3.11. The Balaban J connectivity index is 2.00. The van der Waals surface area contributed by atoms with Crippen molar-refractivity contribution in [3.63, 3.8) is 0 Å². The molecule has 1 aromatic rings. The molecule has 0 spiro atoms. The lowest BCUT2D eigenvalue weighted by Gasteiger charge is -2.08. The third-order valence-electron chi connectivity index (χ3n) is 2.95. The molecule has 0 amide bonds. The average Bonchev–Trinajstić information content (AvgIpc) is 2.78. The lowest BCUT2D eigenvalue weighted by molar-refractivity contribution is 0.130.